The van der Waals surface area contributed by atoms with Gasteiger partial charge in [0.2, 0.25) is 0 Å². The third kappa shape index (κ3) is 4.28. The summed E-state index contributed by atoms with van der Waals surface area (Å²) in [6.45, 7) is 20.0. The van der Waals surface area contributed by atoms with Crippen molar-refractivity contribution in [1.82, 2.24) is 9.88 Å². The van der Waals surface area contributed by atoms with E-state index in [0.29, 0.717) is 28.5 Å². The van der Waals surface area contributed by atoms with Crippen molar-refractivity contribution in [2.45, 2.75) is 83.2 Å². The average Bonchev–Trinajstić information content (AvgIpc) is 2.81. The lowest BCUT2D eigenvalue weighted by atomic mass is 9.73. The van der Waals surface area contributed by atoms with Crippen LogP contribution >= 0.6 is 0 Å². The summed E-state index contributed by atoms with van der Waals surface area (Å²) < 4.78 is 6.96. The molecule has 3 fully saturated rings. The van der Waals surface area contributed by atoms with Crippen LogP contribution in [0, 0.1) is 11.8 Å². The maximum atomic E-state index is 11.6. The smallest absolute Gasteiger partial charge is 0.258 e. The molecule has 0 amide bonds. The van der Waals surface area contributed by atoms with Gasteiger partial charge in [0.25, 0.3) is 8.32 Å². The van der Waals surface area contributed by atoms with Crippen molar-refractivity contribution in [1.29, 1.82) is 0 Å². The molecule has 1 aromatic carbocycles. The van der Waals surface area contributed by atoms with Crippen LogP contribution in [0.15, 0.2) is 43.1 Å². The van der Waals surface area contributed by atoms with Crippen molar-refractivity contribution in [3.05, 3.63) is 48.7 Å². The molecular formula is C28H42N2O2Si. The predicted molar refractivity (Wildman–Crippen MR) is 140 cm³/mol. The summed E-state index contributed by atoms with van der Waals surface area (Å²) in [5.74, 6) is 2.11. The normalized spacial score (nSPS) is 26.4. The molecule has 0 saturated carbocycles. The minimum absolute atomic E-state index is 0.158. The number of aliphatic hydroxyl groups is 1. The first-order valence-corrected chi connectivity index (χ1v) is 14.9. The Bertz CT molecular complexity index is 967. The number of pyridine rings is 1. The van der Waals surface area contributed by atoms with E-state index in [0.717, 1.165) is 41.7 Å². The number of hydrogen-bond acceptors (Lipinski definition) is 4. The van der Waals surface area contributed by atoms with E-state index in [1.54, 1.807) is 0 Å². The minimum atomic E-state index is -2.06. The van der Waals surface area contributed by atoms with Crippen LogP contribution in [0.4, 0.5) is 0 Å². The maximum absolute atomic E-state index is 11.6. The highest BCUT2D eigenvalue weighted by Crippen LogP contribution is 2.44. The third-order valence-electron chi connectivity index (χ3n) is 8.59. The molecule has 5 atom stereocenters. The molecule has 5 rings (SSSR count). The van der Waals surface area contributed by atoms with Gasteiger partial charge in [-0.3, -0.25) is 9.88 Å². The largest absolute Gasteiger partial charge is 0.543 e. The van der Waals surface area contributed by atoms with Gasteiger partial charge in [-0.15, -0.1) is 6.58 Å². The summed E-state index contributed by atoms with van der Waals surface area (Å²) in [4.78, 5) is 7.07. The van der Waals surface area contributed by atoms with E-state index in [9.17, 15) is 5.11 Å². The zero-order valence-corrected chi connectivity index (χ0v) is 22.3. The van der Waals surface area contributed by atoms with Crippen molar-refractivity contribution in [3.8, 4) is 5.75 Å². The lowest BCUT2D eigenvalue weighted by Crippen LogP contribution is -2.54. The molecule has 2 aromatic rings. The summed E-state index contributed by atoms with van der Waals surface area (Å²) >= 11 is 0. The summed E-state index contributed by atoms with van der Waals surface area (Å²) in [6.07, 6.45) is 5.66. The van der Waals surface area contributed by atoms with Gasteiger partial charge in [-0.05, 0) is 77.7 Å². The molecule has 3 aliphatic heterocycles. The second-order valence-electron chi connectivity index (χ2n) is 11.2. The van der Waals surface area contributed by atoms with Crippen LogP contribution in [0.2, 0.25) is 16.6 Å². The third-order valence-corrected chi connectivity index (χ3v) is 14.6. The first kappa shape index (κ1) is 24.4. The van der Waals surface area contributed by atoms with E-state index in [1.165, 1.54) is 6.42 Å². The standard InChI is InChI=1S/C28H42N2O2Si/c1-8-21-17-30-14-12-22(21)15-27(30)28(31)24-11-13-29-26-10-9-23(16-25(24)26)32-33(18(2)3,19(4)5)20(6)7/h8-11,13,16,18-22,27-28,31H,1,12,14-15,17H2,2-7H3/t21-,22-,27-,28+/m0/s1. The molecule has 3 saturated heterocycles. The van der Waals surface area contributed by atoms with Gasteiger partial charge in [-0.2, -0.15) is 0 Å². The molecule has 0 radical (unpaired) electrons. The number of benzene rings is 1. The number of nitrogens with zero attached hydrogens (tertiary/aromatic N) is 2. The van der Waals surface area contributed by atoms with Crippen LogP contribution in [-0.4, -0.2) is 42.4 Å². The monoisotopic (exact) mass is 466 g/mol. The van der Waals surface area contributed by atoms with Crippen molar-refractivity contribution >= 4 is 19.2 Å². The molecule has 4 nitrogen and oxygen atoms in total. The van der Waals surface area contributed by atoms with E-state index >= 15 is 0 Å². The van der Waals surface area contributed by atoms with Crippen LogP contribution in [0.3, 0.4) is 0 Å². The van der Waals surface area contributed by atoms with Crippen LogP contribution in [-0.2, 0) is 0 Å². The summed E-state index contributed by atoms with van der Waals surface area (Å²) in [7, 11) is -2.06. The minimum Gasteiger partial charge on any atom is -0.543 e. The highest BCUT2D eigenvalue weighted by molar-refractivity contribution is 6.78. The Hall–Kier alpha value is -1.69. The Morgan fingerprint density at radius 3 is 2.39 bits per heavy atom. The molecule has 180 valence electrons. The molecule has 1 unspecified atom stereocenters. The second-order valence-corrected chi connectivity index (χ2v) is 16.6. The molecular weight excluding hydrogens is 424 g/mol. The molecule has 33 heavy (non-hydrogen) atoms. The molecule has 3 aliphatic rings. The highest BCUT2D eigenvalue weighted by atomic mass is 28.4. The van der Waals surface area contributed by atoms with E-state index in [-0.39, 0.29) is 6.04 Å². The Kier molecular flexibility index (Phi) is 7.04. The average molecular weight is 467 g/mol. The van der Waals surface area contributed by atoms with Gasteiger partial charge in [0.15, 0.2) is 0 Å². The Labute approximate surface area is 201 Å². The van der Waals surface area contributed by atoms with Crippen LogP contribution in [0.25, 0.3) is 10.9 Å². The molecule has 4 heterocycles. The van der Waals surface area contributed by atoms with Crippen molar-refractivity contribution in [2.75, 3.05) is 13.1 Å². The van der Waals surface area contributed by atoms with Crippen LogP contribution < -0.4 is 4.43 Å². The number of aliphatic hydroxyl groups excluding tert-OH is 1. The molecule has 0 aliphatic carbocycles. The quantitative estimate of drug-likeness (QED) is 0.346. The van der Waals surface area contributed by atoms with E-state index in [1.807, 2.05) is 12.3 Å². The zero-order valence-electron chi connectivity index (χ0n) is 21.3. The second kappa shape index (κ2) is 9.51. The fourth-order valence-electron chi connectivity index (χ4n) is 6.94. The first-order chi connectivity index (χ1) is 15.7. The fraction of sp³-hybridized carbons (Fsp3) is 0.607. The Balaban J connectivity index is 1.69. The number of fused-ring (bicyclic) bond motifs is 4. The lowest BCUT2D eigenvalue weighted by Gasteiger charge is -2.50. The Morgan fingerprint density at radius 1 is 1.12 bits per heavy atom. The van der Waals surface area contributed by atoms with Crippen molar-refractivity contribution in [2.24, 2.45) is 11.8 Å². The van der Waals surface area contributed by atoms with Gasteiger partial charge in [0.1, 0.15) is 5.75 Å². The van der Waals surface area contributed by atoms with Crippen molar-refractivity contribution < 1.29 is 9.53 Å². The molecule has 2 bridgehead atoms. The molecule has 0 spiro atoms. The van der Waals surface area contributed by atoms with Gasteiger partial charge >= 0.3 is 0 Å². The van der Waals surface area contributed by atoms with Gasteiger partial charge in [0, 0.05) is 24.2 Å². The number of hydrogen-bond donors (Lipinski definition) is 1. The van der Waals surface area contributed by atoms with Crippen molar-refractivity contribution in [3.63, 3.8) is 0 Å². The summed E-state index contributed by atoms with van der Waals surface area (Å²) in [5.41, 5.74) is 3.43. The topological polar surface area (TPSA) is 45.6 Å². The van der Waals surface area contributed by atoms with E-state index < -0.39 is 14.4 Å². The Morgan fingerprint density at radius 2 is 1.82 bits per heavy atom. The molecule has 1 aromatic heterocycles. The van der Waals surface area contributed by atoms with Gasteiger partial charge in [-0.25, -0.2) is 0 Å². The number of rotatable bonds is 8. The van der Waals surface area contributed by atoms with Gasteiger partial charge in [-0.1, -0.05) is 47.6 Å². The molecule has 5 heteroatoms. The first-order valence-electron chi connectivity index (χ1n) is 12.8. The summed E-state index contributed by atoms with van der Waals surface area (Å²) in [6, 6.07) is 8.43. The van der Waals surface area contributed by atoms with Gasteiger partial charge < -0.3 is 9.53 Å². The van der Waals surface area contributed by atoms with Crippen LogP contribution in [0.5, 0.6) is 5.75 Å². The number of aromatic nitrogens is 1. The molecule has 1 N–H and O–H groups in total. The highest BCUT2D eigenvalue weighted by Gasteiger charge is 2.47. The van der Waals surface area contributed by atoms with Gasteiger partial charge in [0.05, 0.1) is 11.6 Å². The van der Waals surface area contributed by atoms with E-state index in [4.69, 9.17) is 4.43 Å². The predicted octanol–water partition coefficient (Wildman–Crippen LogP) is 6.72. The zero-order chi connectivity index (χ0) is 23.9. The number of piperidine rings is 3. The van der Waals surface area contributed by atoms with E-state index in [2.05, 4.69) is 82.3 Å². The SMILES string of the molecule is C=C[C@H]1CN2CC[C@H]1C[C@H]2[C@H](O)c1ccnc2ccc(O[Si](C(C)C)(C(C)C)C(C)C)cc12. The fourth-order valence-corrected chi connectivity index (χ4v) is 12.2. The van der Waals surface area contributed by atoms with Crippen LogP contribution in [0.1, 0.15) is 66.1 Å². The summed E-state index contributed by atoms with van der Waals surface area (Å²) in [5, 5.41) is 12.6. The maximum Gasteiger partial charge on any atom is 0.258 e. The lowest BCUT2D eigenvalue weighted by molar-refractivity contribution is -0.0444.